The maximum Gasteiger partial charge on any atom is 0.336 e. The van der Waals surface area contributed by atoms with Crippen LogP contribution >= 0.6 is 0 Å². The van der Waals surface area contributed by atoms with Gasteiger partial charge in [0.05, 0.1) is 11.9 Å². The Bertz CT molecular complexity index is 866. The minimum Gasteiger partial charge on any atom is -0.478 e. The van der Waals surface area contributed by atoms with E-state index in [0.717, 1.165) is 5.69 Å². The van der Waals surface area contributed by atoms with Crippen molar-refractivity contribution >= 4 is 11.8 Å². The lowest BCUT2D eigenvalue weighted by atomic mass is 9.94. The topological polar surface area (TPSA) is 72.2 Å². The van der Waals surface area contributed by atoms with Gasteiger partial charge in [0.2, 0.25) is 0 Å². The van der Waals surface area contributed by atoms with Gasteiger partial charge in [0.15, 0.2) is 5.78 Å². The lowest BCUT2D eigenvalue weighted by Gasteiger charge is -2.09. The Labute approximate surface area is 132 Å². The van der Waals surface area contributed by atoms with Crippen molar-refractivity contribution in [3.05, 3.63) is 83.4 Å². The van der Waals surface area contributed by atoms with Gasteiger partial charge in [-0.25, -0.2) is 9.78 Å². The summed E-state index contributed by atoms with van der Waals surface area (Å²) in [6.07, 6.45) is 5.15. The molecule has 0 atom stereocenters. The molecule has 0 saturated heterocycles. The Hall–Kier alpha value is -3.21. The molecule has 5 heteroatoms. The largest absolute Gasteiger partial charge is 0.478 e. The second-order valence-corrected chi connectivity index (χ2v) is 5.15. The second-order valence-electron chi connectivity index (χ2n) is 5.15. The van der Waals surface area contributed by atoms with Crippen LogP contribution in [0, 0.1) is 6.92 Å². The van der Waals surface area contributed by atoms with Gasteiger partial charge in [-0.15, -0.1) is 0 Å². The molecule has 23 heavy (non-hydrogen) atoms. The van der Waals surface area contributed by atoms with Gasteiger partial charge >= 0.3 is 5.97 Å². The molecule has 0 radical (unpaired) electrons. The highest BCUT2D eigenvalue weighted by atomic mass is 16.4. The van der Waals surface area contributed by atoms with E-state index in [1.165, 1.54) is 6.07 Å². The van der Waals surface area contributed by atoms with Crippen molar-refractivity contribution in [2.45, 2.75) is 6.92 Å². The van der Waals surface area contributed by atoms with Gasteiger partial charge in [-0.05, 0) is 42.8 Å². The highest BCUT2D eigenvalue weighted by Crippen LogP contribution is 2.20. The molecule has 0 bridgehead atoms. The molecule has 1 aromatic heterocycles. The smallest absolute Gasteiger partial charge is 0.336 e. The number of rotatable bonds is 4. The summed E-state index contributed by atoms with van der Waals surface area (Å²) in [7, 11) is 0. The third-order valence-electron chi connectivity index (χ3n) is 3.66. The number of benzene rings is 2. The average molecular weight is 306 g/mol. The molecule has 114 valence electrons. The van der Waals surface area contributed by atoms with Gasteiger partial charge in [-0.2, -0.15) is 0 Å². The summed E-state index contributed by atoms with van der Waals surface area (Å²) in [6.45, 7) is 1.74. The van der Waals surface area contributed by atoms with Gasteiger partial charge < -0.3 is 9.67 Å². The van der Waals surface area contributed by atoms with Gasteiger partial charge in [-0.1, -0.05) is 12.1 Å². The summed E-state index contributed by atoms with van der Waals surface area (Å²) in [5.41, 5.74) is 2.23. The zero-order chi connectivity index (χ0) is 16.4. The number of nitrogens with zero attached hydrogens (tertiary/aromatic N) is 2. The first-order valence-electron chi connectivity index (χ1n) is 7.04. The number of carbonyl (C=O) groups excluding carboxylic acids is 1. The first-order valence-corrected chi connectivity index (χ1v) is 7.04. The predicted octanol–water partition coefficient (Wildman–Crippen LogP) is 3.11. The molecule has 0 amide bonds. The highest BCUT2D eigenvalue weighted by molar-refractivity contribution is 6.15. The molecule has 0 aliphatic rings. The second kappa shape index (κ2) is 5.88. The molecule has 2 aromatic carbocycles. The molecule has 5 nitrogen and oxygen atoms in total. The van der Waals surface area contributed by atoms with Gasteiger partial charge in [0.25, 0.3) is 0 Å². The van der Waals surface area contributed by atoms with Gasteiger partial charge in [-0.3, -0.25) is 4.79 Å². The van der Waals surface area contributed by atoms with Crippen LogP contribution in [0.25, 0.3) is 5.69 Å². The van der Waals surface area contributed by atoms with E-state index in [-0.39, 0.29) is 16.9 Å². The molecule has 0 aliphatic carbocycles. The number of ketones is 1. The maximum atomic E-state index is 12.7. The molecule has 0 fully saturated rings. The van der Waals surface area contributed by atoms with E-state index in [9.17, 15) is 14.7 Å². The van der Waals surface area contributed by atoms with E-state index >= 15 is 0 Å². The number of carbonyl (C=O) groups is 2. The first-order chi connectivity index (χ1) is 11.1. The molecule has 0 unspecified atom stereocenters. The molecule has 0 spiro atoms. The number of carboxylic acids is 1. The van der Waals surface area contributed by atoms with Crippen molar-refractivity contribution in [1.82, 2.24) is 9.55 Å². The minimum absolute atomic E-state index is 0.0219. The summed E-state index contributed by atoms with van der Waals surface area (Å²) < 4.78 is 1.82. The van der Waals surface area contributed by atoms with E-state index in [0.29, 0.717) is 11.1 Å². The number of hydrogen-bond acceptors (Lipinski definition) is 3. The normalized spacial score (nSPS) is 10.5. The fourth-order valence-electron chi connectivity index (χ4n) is 2.49. The minimum atomic E-state index is -1.10. The lowest BCUT2D eigenvalue weighted by Crippen LogP contribution is -2.11. The SMILES string of the molecule is Cc1cccc(C(=O)O)c1C(=O)c1ccc(-n2ccnc2)cc1. The standard InChI is InChI=1S/C18H14N2O3/c1-12-3-2-4-15(18(22)23)16(12)17(21)13-5-7-14(8-6-13)20-10-9-19-11-20/h2-11H,1H3,(H,22,23). The molecular weight excluding hydrogens is 292 g/mol. The summed E-state index contributed by atoms with van der Waals surface area (Å²) in [5, 5.41) is 9.29. The van der Waals surface area contributed by atoms with Crippen molar-refractivity contribution in [3.8, 4) is 5.69 Å². The zero-order valence-electron chi connectivity index (χ0n) is 12.4. The molecule has 3 rings (SSSR count). The van der Waals surface area contributed by atoms with Crippen LogP contribution in [0.5, 0.6) is 0 Å². The fourth-order valence-corrected chi connectivity index (χ4v) is 2.49. The van der Waals surface area contributed by atoms with Crippen molar-refractivity contribution in [3.63, 3.8) is 0 Å². The number of aryl methyl sites for hydroxylation is 1. The van der Waals surface area contributed by atoms with E-state index in [1.54, 1.807) is 62.0 Å². The third-order valence-corrected chi connectivity index (χ3v) is 3.66. The molecular formula is C18H14N2O3. The van der Waals surface area contributed by atoms with Gasteiger partial charge in [0, 0.05) is 29.2 Å². The van der Waals surface area contributed by atoms with Crippen molar-refractivity contribution < 1.29 is 14.7 Å². The first kappa shape index (κ1) is 14.7. The van der Waals surface area contributed by atoms with Gasteiger partial charge in [0.1, 0.15) is 0 Å². The molecule has 0 saturated carbocycles. The summed E-state index contributed by atoms with van der Waals surface area (Å²) in [6, 6.07) is 11.8. The molecule has 1 N–H and O–H groups in total. The number of imidazole rings is 1. The summed E-state index contributed by atoms with van der Waals surface area (Å²) >= 11 is 0. The van der Waals surface area contributed by atoms with Crippen molar-refractivity contribution in [2.24, 2.45) is 0 Å². The quantitative estimate of drug-likeness (QED) is 0.752. The predicted molar refractivity (Wildman–Crippen MR) is 85.1 cm³/mol. The number of hydrogen-bond donors (Lipinski definition) is 1. The Morgan fingerprint density at radius 2 is 1.83 bits per heavy atom. The Morgan fingerprint density at radius 1 is 1.09 bits per heavy atom. The highest BCUT2D eigenvalue weighted by Gasteiger charge is 2.19. The monoisotopic (exact) mass is 306 g/mol. The third kappa shape index (κ3) is 2.76. The fraction of sp³-hybridized carbons (Fsp3) is 0.0556. The molecule has 3 aromatic rings. The van der Waals surface area contributed by atoms with E-state index in [2.05, 4.69) is 4.98 Å². The van der Waals surface area contributed by atoms with E-state index in [1.807, 2.05) is 4.57 Å². The van der Waals surface area contributed by atoms with Crippen LogP contribution < -0.4 is 0 Å². The van der Waals surface area contributed by atoms with Crippen LogP contribution in [0.2, 0.25) is 0 Å². The lowest BCUT2D eigenvalue weighted by molar-refractivity contribution is 0.0692. The number of carboxylic acid groups (broad SMARTS) is 1. The molecule has 1 heterocycles. The summed E-state index contributed by atoms with van der Waals surface area (Å²) in [5.74, 6) is -1.40. The van der Waals surface area contributed by atoms with Crippen LogP contribution in [-0.2, 0) is 0 Å². The van der Waals surface area contributed by atoms with E-state index < -0.39 is 5.97 Å². The molecule has 0 aliphatic heterocycles. The van der Waals surface area contributed by atoms with Crippen LogP contribution in [0.1, 0.15) is 31.8 Å². The van der Waals surface area contributed by atoms with Crippen LogP contribution in [0.15, 0.2) is 61.2 Å². The van der Waals surface area contributed by atoms with Crippen molar-refractivity contribution in [1.29, 1.82) is 0 Å². The van der Waals surface area contributed by atoms with Crippen molar-refractivity contribution in [2.75, 3.05) is 0 Å². The number of aromatic carboxylic acids is 1. The van der Waals surface area contributed by atoms with Crippen LogP contribution in [-0.4, -0.2) is 26.4 Å². The Morgan fingerprint density at radius 3 is 2.43 bits per heavy atom. The average Bonchev–Trinajstić information content (AvgIpc) is 3.08. The van der Waals surface area contributed by atoms with E-state index in [4.69, 9.17) is 0 Å². The maximum absolute atomic E-state index is 12.7. The number of aromatic nitrogens is 2. The Balaban J connectivity index is 2.00. The van der Waals surface area contributed by atoms with Crippen LogP contribution in [0.3, 0.4) is 0 Å². The summed E-state index contributed by atoms with van der Waals surface area (Å²) in [4.78, 5) is 28.0. The Kier molecular flexibility index (Phi) is 3.76. The van der Waals surface area contributed by atoms with Crippen LogP contribution in [0.4, 0.5) is 0 Å². The zero-order valence-corrected chi connectivity index (χ0v) is 12.4.